The van der Waals surface area contributed by atoms with Crippen molar-refractivity contribution in [3.05, 3.63) is 23.8 Å². The molecule has 0 aliphatic carbocycles. The standard InChI is InChI=1S/C12H15N3O2/c1-9(15-8-13)14-7-10-6-11(16-2)4-5-12(10)17-3/h4-6H,7H2,1-3H3,(H,14,15). The van der Waals surface area contributed by atoms with Crippen LogP contribution in [0.4, 0.5) is 0 Å². The van der Waals surface area contributed by atoms with E-state index in [-0.39, 0.29) is 0 Å². The number of methoxy groups -OCH3 is 2. The lowest BCUT2D eigenvalue weighted by Crippen LogP contribution is -2.13. The highest BCUT2D eigenvalue weighted by molar-refractivity contribution is 5.80. The highest BCUT2D eigenvalue weighted by atomic mass is 16.5. The van der Waals surface area contributed by atoms with E-state index in [1.165, 1.54) is 0 Å². The summed E-state index contributed by atoms with van der Waals surface area (Å²) in [5, 5.41) is 10.9. The van der Waals surface area contributed by atoms with Crippen molar-refractivity contribution in [2.75, 3.05) is 14.2 Å². The van der Waals surface area contributed by atoms with Crippen molar-refractivity contribution in [3.63, 3.8) is 0 Å². The number of hydrogen-bond acceptors (Lipinski definition) is 4. The average Bonchev–Trinajstić information content (AvgIpc) is 2.36. The maximum Gasteiger partial charge on any atom is 0.182 e. The summed E-state index contributed by atoms with van der Waals surface area (Å²) in [6, 6.07) is 5.52. The van der Waals surface area contributed by atoms with Crippen LogP contribution in [0.2, 0.25) is 0 Å². The first kappa shape index (κ1) is 12.8. The molecule has 0 amide bonds. The fourth-order valence-electron chi connectivity index (χ4n) is 1.33. The molecule has 5 nitrogen and oxygen atoms in total. The number of hydrogen-bond donors (Lipinski definition) is 1. The predicted molar refractivity (Wildman–Crippen MR) is 65.1 cm³/mol. The van der Waals surface area contributed by atoms with E-state index in [4.69, 9.17) is 14.7 Å². The summed E-state index contributed by atoms with van der Waals surface area (Å²) in [6.45, 7) is 2.16. The van der Waals surface area contributed by atoms with E-state index < -0.39 is 0 Å². The number of nitrogens with one attached hydrogen (secondary N) is 1. The molecule has 0 atom stereocenters. The van der Waals surface area contributed by atoms with Gasteiger partial charge in [0.15, 0.2) is 6.19 Å². The first-order chi connectivity index (χ1) is 8.21. The predicted octanol–water partition coefficient (Wildman–Crippen LogP) is 1.69. The molecule has 0 bridgehead atoms. The minimum absolute atomic E-state index is 0.431. The van der Waals surface area contributed by atoms with Crippen molar-refractivity contribution in [2.45, 2.75) is 13.5 Å². The van der Waals surface area contributed by atoms with Gasteiger partial charge in [-0.3, -0.25) is 10.3 Å². The summed E-state index contributed by atoms with van der Waals surface area (Å²) in [7, 11) is 3.22. The van der Waals surface area contributed by atoms with Gasteiger partial charge in [-0.1, -0.05) is 0 Å². The van der Waals surface area contributed by atoms with Crippen molar-refractivity contribution in [1.82, 2.24) is 5.32 Å². The molecule has 0 aliphatic rings. The van der Waals surface area contributed by atoms with Crippen LogP contribution >= 0.6 is 0 Å². The van der Waals surface area contributed by atoms with Gasteiger partial charge in [0.05, 0.1) is 20.8 Å². The molecule has 90 valence electrons. The normalized spacial score (nSPS) is 10.6. The largest absolute Gasteiger partial charge is 0.497 e. The zero-order chi connectivity index (χ0) is 12.7. The Labute approximate surface area is 101 Å². The van der Waals surface area contributed by atoms with Crippen molar-refractivity contribution in [2.24, 2.45) is 4.99 Å². The highest BCUT2D eigenvalue weighted by Crippen LogP contribution is 2.24. The molecule has 0 saturated carbocycles. The third kappa shape index (κ3) is 3.68. The third-order valence-corrected chi connectivity index (χ3v) is 2.21. The summed E-state index contributed by atoms with van der Waals surface area (Å²) in [4.78, 5) is 4.22. The van der Waals surface area contributed by atoms with Crippen LogP contribution in [0.5, 0.6) is 11.5 Å². The molecule has 1 rings (SSSR count). The summed E-state index contributed by atoms with van der Waals surface area (Å²) in [5.74, 6) is 2.07. The van der Waals surface area contributed by atoms with Crippen LogP contribution < -0.4 is 14.8 Å². The van der Waals surface area contributed by atoms with Gasteiger partial charge in [-0.2, -0.15) is 5.26 Å². The molecule has 0 aliphatic heterocycles. The number of nitrogens with zero attached hydrogens (tertiary/aromatic N) is 2. The Morgan fingerprint density at radius 3 is 2.76 bits per heavy atom. The second-order valence-electron chi connectivity index (χ2n) is 3.32. The smallest absolute Gasteiger partial charge is 0.182 e. The first-order valence-corrected chi connectivity index (χ1v) is 5.08. The van der Waals surface area contributed by atoms with Crippen molar-refractivity contribution in [1.29, 1.82) is 5.26 Å². The number of benzene rings is 1. The van der Waals surface area contributed by atoms with E-state index in [2.05, 4.69) is 10.3 Å². The van der Waals surface area contributed by atoms with Crippen LogP contribution in [-0.4, -0.2) is 20.1 Å². The number of nitriles is 1. The fourth-order valence-corrected chi connectivity index (χ4v) is 1.33. The van der Waals surface area contributed by atoms with E-state index >= 15 is 0 Å². The third-order valence-electron chi connectivity index (χ3n) is 2.21. The summed E-state index contributed by atoms with van der Waals surface area (Å²) >= 11 is 0. The monoisotopic (exact) mass is 233 g/mol. The lowest BCUT2D eigenvalue weighted by atomic mass is 10.2. The molecule has 0 saturated heterocycles. The molecule has 0 aromatic heterocycles. The van der Waals surface area contributed by atoms with E-state index in [0.29, 0.717) is 12.4 Å². The van der Waals surface area contributed by atoms with Crippen LogP contribution in [0.1, 0.15) is 12.5 Å². The molecule has 0 radical (unpaired) electrons. The van der Waals surface area contributed by atoms with E-state index in [1.807, 2.05) is 24.4 Å². The molecule has 0 heterocycles. The SMILES string of the molecule is COc1ccc(OC)c(CN=C(C)NC#N)c1. The number of rotatable bonds is 4. The van der Waals surface area contributed by atoms with Gasteiger partial charge < -0.3 is 9.47 Å². The fraction of sp³-hybridized carbons (Fsp3) is 0.333. The van der Waals surface area contributed by atoms with Gasteiger partial charge in [0, 0.05) is 5.56 Å². The molecule has 0 fully saturated rings. The quantitative estimate of drug-likeness (QED) is 0.372. The molecule has 0 spiro atoms. The molecule has 17 heavy (non-hydrogen) atoms. The number of aliphatic imine (C=N–C) groups is 1. The zero-order valence-corrected chi connectivity index (χ0v) is 10.2. The Morgan fingerprint density at radius 2 is 2.18 bits per heavy atom. The second kappa shape index (κ2) is 6.38. The van der Waals surface area contributed by atoms with Crippen molar-refractivity contribution < 1.29 is 9.47 Å². The molecular formula is C12H15N3O2. The van der Waals surface area contributed by atoms with Crippen molar-refractivity contribution >= 4 is 5.84 Å². The Kier molecular flexibility index (Phi) is 4.82. The van der Waals surface area contributed by atoms with Gasteiger partial charge in [0.1, 0.15) is 17.3 Å². The van der Waals surface area contributed by atoms with Gasteiger partial charge in [-0.15, -0.1) is 0 Å². The maximum absolute atomic E-state index is 8.43. The molecule has 5 heteroatoms. The van der Waals surface area contributed by atoms with E-state index in [0.717, 1.165) is 17.1 Å². The average molecular weight is 233 g/mol. The summed E-state index contributed by atoms with van der Waals surface area (Å²) in [6.07, 6.45) is 1.82. The van der Waals surface area contributed by atoms with Gasteiger partial charge in [-0.05, 0) is 25.1 Å². The zero-order valence-electron chi connectivity index (χ0n) is 10.2. The van der Waals surface area contributed by atoms with E-state index in [9.17, 15) is 0 Å². The summed E-state index contributed by atoms with van der Waals surface area (Å²) in [5.41, 5.74) is 0.908. The van der Waals surface area contributed by atoms with Crippen molar-refractivity contribution in [3.8, 4) is 17.7 Å². The van der Waals surface area contributed by atoms with Gasteiger partial charge in [-0.25, -0.2) is 0 Å². The van der Waals surface area contributed by atoms with Crippen LogP contribution in [0.3, 0.4) is 0 Å². The lowest BCUT2D eigenvalue weighted by Gasteiger charge is -2.08. The molecule has 1 N–H and O–H groups in total. The van der Waals surface area contributed by atoms with Crippen LogP contribution in [0.15, 0.2) is 23.2 Å². The highest BCUT2D eigenvalue weighted by Gasteiger charge is 2.04. The topological polar surface area (TPSA) is 66.6 Å². The van der Waals surface area contributed by atoms with Gasteiger partial charge in [0.2, 0.25) is 0 Å². The molecule has 1 aromatic carbocycles. The lowest BCUT2D eigenvalue weighted by molar-refractivity contribution is 0.399. The Hall–Kier alpha value is -2.22. The molecule has 1 aromatic rings. The minimum atomic E-state index is 0.431. The number of amidine groups is 1. The first-order valence-electron chi connectivity index (χ1n) is 5.08. The van der Waals surface area contributed by atoms with Gasteiger partial charge >= 0.3 is 0 Å². The molecular weight excluding hydrogens is 218 g/mol. The Balaban J connectivity index is 2.88. The Bertz CT molecular complexity index is 450. The van der Waals surface area contributed by atoms with Crippen LogP contribution in [0, 0.1) is 11.5 Å². The van der Waals surface area contributed by atoms with E-state index in [1.54, 1.807) is 21.1 Å². The second-order valence-corrected chi connectivity index (χ2v) is 3.32. The number of ether oxygens (including phenoxy) is 2. The summed E-state index contributed by atoms with van der Waals surface area (Å²) < 4.78 is 10.4. The minimum Gasteiger partial charge on any atom is -0.497 e. The van der Waals surface area contributed by atoms with Crippen LogP contribution in [-0.2, 0) is 6.54 Å². The van der Waals surface area contributed by atoms with Gasteiger partial charge in [0.25, 0.3) is 0 Å². The van der Waals surface area contributed by atoms with Crippen LogP contribution in [0.25, 0.3) is 0 Å². The molecule has 0 unspecified atom stereocenters. The maximum atomic E-state index is 8.43. The Morgan fingerprint density at radius 1 is 1.41 bits per heavy atom.